The molecule has 16 heavy (non-hydrogen) atoms. The number of nitrogens with zero attached hydrogens (tertiary/aromatic N) is 3. The van der Waals surface area contributed by atoms with E-state index in [-0.39, 0.29) is 0 Å². The number of rotatable bonds is 4. The van der Waals surface area contributed by atoms with Gasteiger partial charge in [0.15, 0.2) is 0 Å². The first-order valence-corrected chi connectivity index (χ1v) is 5.18. The molecule has 2 rings (SSSR count). The van der Waals surface area contributed by atoms with Crippen molar-refractivity contribution in [3.63, 3.8) is 0 Å². The van der Waals surface area contributed by atoms with E-state index in [0.717, 1.165) is 12.2 Å². The molecule has 0 radical (unpaired) electrons. The molecule has 0 amide bonds. The van der Waals surface area contributed by atoms with Gasteiger partial charge in [-0.1, -0.05) is 0 Å². The average molecular weight is 217 g/mol. The number of imidazole rings is 1. The molecular formula is C11H15N5. The SMILES string of the molecule is CC(Cn1ccnc1)Nc1ccc(N)nc1. The van der Waals surface area contributed by atoms with Gasteiger partial charge in [0.25, 0.3) is 0 Å². The number of nitrogens with two attached hydrogens (primary N) is 1. The minimum Gasteiger partial charge on any atom is -0.384 e. The van der Waals surface area contributed by atoms with Crippen LogP contribution < -0.4 is 11.1 Å². The van der Waals surface area contributed by atoms with E-state index in [1.807, 2.05) is 16.8 Å². The number of pyridine rings is 1. The number of anilines is 2. The summed E-state index contributed by atoms with van der Waals surface area (Å²) < 4.78 is 2.03. The summed E-state index contributed by atoms with van der Waals surface area (Å²) in [4.78, 5) is 8.03. The Hall–Kier alpha value is -2.04. The topological polar surface area (TPSA) is 68.8 Å². The predicted octanol–water partition coefficient (Wildman–Crippen LogP) is 1.36. The highest BCUT2D eigenvalue weighted by molar-refractivity contribution is 5.45. The molecule has 1 unspecified atom stereocenters. The Morgan fingerprint density at radius 2 is 2.38 bits per heavy atom. The van der Waals surface area contributed by atoms with Crippen molar-refractivity contribution in [1.82, 2.24) is 14.5 Å². The summed E-state index contributed by atoms with van der Waals surface area (Å²) in [6.45, 7) is 2.97. The molecule has 84 valence electrons. The lowest BCUT2D eigenvalue weighted by Gasteiger charge is -2.15. The second kappa shape index (κ2) is 4.65. The number of nitrogen functional groups attached to an aromatic ring is 1. The maximum Gasteiger partial charge on any atom is 0.123 e. The molecule has 2 aromatic rings. The van der Waals surface area contributed by atoms with Gasteiger partial charge in [-0.3, -0.25) is 0 Å². The van der Waals surface area contributed by atoms with Crippen LogP contribution in [0.3, 0.4) is 0 Å². The molecule has 0 bridgehead atoms. The molecule has 5 heteroatoms. The van der Waals surface area contributed by atoms with Crippen LogP contribution in [0.4, 0.5) is 11.5 Å². The quantitative estimate of drug-likeness (QED) is 0.811. The van der Waals surface area contributed by atoms with Crippen LogP contribution >= 0.6 is 0 Å². The van der Waals surface area contributed by atoms with Crippen LogP contribution in [0.5, 0.6) is 0 Å². The lowest BCUT2D eigenvalue weighted by Crippen LogP contribution is -2.21. The van der Waals surface area contributed by atoms with E-state index in [1.54, 1.807) is 24.8 Å². The summed E-state index contributed by atoms with van der Waals surface area (Å²) in [5, 5.41) is 3.34. The van der Waals surface area contributed by atoms with Gasteiger partial charge in [-0.05, 0) is 19.1 Å². The Labute approximate surface area is 94.3 Å². The van der Waals surface area contributed by atoms with Gasteiger partial charge in [0.1, 0.15) is 5.82 Å². The van der Waals surface area contributed by atoms with Crippen molar-refractivity contribution in [1.29, 1.82) is 0 Å². The Kier molecular flexibility index (Phi) is 3.05. The van der Waals surface area contributed by atoms with Gasteiger partial charge in [-0.25, -0.2) is 9.97 Å². The lowest BCUT2D eigenvalue weighted by molar-refractivity contribution is 0.618. The standard InChI is InChI=1S/C11H15N5/c1-9(7-16-5-4-13-8-16)15-10-2-3-11(12)14-6-10/h2-6,8-9,15H,7H2,1H3,(H2,12,14). The van der Waals surface area contributed by atoms with Crippen molar-refractivity contribution in [3.05, 3.63) is 37.1 Å². The van der Waals surface area contributed by atoms with Crippen molar-refractivity contribution >= 4 is 11.5 Å². The Bertz CT molecular complexity index is 420. The number of hydrogen-bond acceptors (Lipinski definition) is 4. The Balaban J connectivity index is 1.92. The highest BCUT2D eigenvalue weighted by atomic mass is 15.1. The van der Waals surface area contributed by atoms with Gasteiger partial charge >= 0.3 is 0 Å². The van der Waals surface area contributed by atoms with Gasteiger partial charge in [0, 0.05) is 25.0 Å². The van der Waals surface area contributed by atoms with Crippen LogP contribution in [0.15, 0.2) is 37.1 Å². The second-order valence-electron chi connectivity index (χ2n) is 3.78. The summed E-state index contributed by atoms with van der Waals surface area (Å²) in [5.41, 5.74) is 6.49. The molecule has 0 saturated heterocycles. The second-order valence-corrected chi connectivity index (χ2v) is 3.78. The molecule has 2 aromatic heterocycles. The van der Waals surface area contributed by atoms with Crippen LogP contribution in [0.2, 0.25) is 0 Å². The summed E-state index contributed by atoms with van der Waals surface area (Å²) >= 11 is 0. The Morgan fingerprint density at radius 3 is 3.00 bits per heavy atom. The molecule has 1 atom stereocenters. The molecular weight excluding hydrogens is 202 g/mol. The zero-order valence-electron chi connectivity index (χ0n) is 9.17. The highest BCUT2D eigenvalue weighted by Crippen LogP contribution is 2.09. The van der Waals surface area contributed by atoms with E-state index < -0.39 is 0 Å². The van der Waals surface area contributed by atoms with Gasteiger partial charge in [-0.2, -0.15) is 0 Å². The fourth-order valence-corrected chi connectivity index (χ4v) is 1.53. The summed E-state index contributed by atoms with van der Waals surface area (Å²) in [6, 6.07) is 4.01. The first-order chi connectivity index (χ1) is 7.74. The first kappa shape index (κ1) is 10.5. The fourth-order valence-electron chi connectivity index (χ4n) is 1.53. The van der Waals surface area contributed by atoms with Crippen molar-refractivity contribution in [2.45, 2.75) is 19.5 Å². The van der Waals surface area contributed by atoms with E-state index in [4.69, 9.17) is 5.73 Å². The average Bonchev–Trinajstić information content (AvgIpc) is 2.74. The molecule has 3 N–H and O–H groups in total. The minimum absolute atomic E-state index is 0.305. The molecule has 5 nitrogen and oxygen atoms in total. The molecule has 0 saturated carbocycles. The molecule has 0 fully saturated rings. The lowest BCUT2D eigenvalue weighted by atomic mass is 10.3. The van der Waals surface area contributed by atoms with Gasteiger partial charge in [0.05, 0.1) is 18.2 Å². The van der Waals surface area contributed by atoms with Crippen LogP contribution in [0.25, 0.3) is 0 Å². The van der Waals surface area contributed by atoms with Crippen LogP contribution in [0, 0.1) is 0 Å². The number of hydrogen-bond donors (Lipinski definition) is 2. The largest absolute Gasteiger partial charge is 0.384 e. The van der Waals surface area contributed by atoms with Crippen molar-refractivity contribution in [2.24, 2.45) is 0 Å². The summed E-state index contributed by atoms with van der Waals surface area (Å²) in [6.07, 6.45) is 7.26. The zero-order chi connectivity index (χ0) is 11.4. The van der Waals surface area contributed by atoms with Crippen molar-refractivity contribution < 1.29 is 0 Å². The molecule has 2 heterocycles. The third-order valence-corrected chi connectivity index (χ3v) is 2.24. The summed E-state index contributed by atoms with van der Waals surface area (Å²) in [5.74, 6) is 0.535. The zero-order valence-corrected chi connectivity index (χ0v) is 9.17. The van der Waals surface area contributed by atoms with Crippen LogP contribution in [-0.2, 0) is 6.54 Å². The van der Waals surface area contributed by atoms with Crippen molar-refractivity contribution in [2.75, 3.05) is 11.1 Å². The molecule has 0 aliphatic carbocycles. The van der Waals surface area contributed by atoms with Gasteiger partial charge < -0.3 is 15.6 Å². The smallest absolute Gasteiger partial charge is 0.123 e. The maximum atomic E-state index is 5.52. The molecule has 0 aliphatic heterocycles. The predicted molar refractivity (Wildman–Crippen MR) is 64.0 cm³/mol. The minimum atomic E-state index is 0.305. The first-order valence-electron chi connectivity index (χ1n) is 5.18. The van der Waals surface area contributed by atoms with Gasteiger partial charge in [-0.15, -0.1) is 0 Å². The van der Waals surface area contributed by atoms with E-state index >= 15 is 0 Å². The van der Waals surface area contributed by atoms with Crippen molar-refractivity contribution in [3.8, 4) is 0 Å². The monoisotopic (exact) mass is 217 g/mol. The van der Waals surface area contributed by atoms with Gasteiger partial charge in [0.2, 0.25) is 0 Å². The normalized spacial score (nSPS) is 12.3. The summed E-state index contributed by atoms with van der Waals surface area (Å²) in [7, 11) is 0. The molecule has 0 aliphatic rings. The highest BCUT2D eigenvalue weighted by Gasteiger charge is 2.02. The fraction of sp³-hybridized carbons (Fsp3) is 0.273. The third-order valence-electron chi connectivity index (χ3n) is 2.24. The van der Waals surface area contributed by atoms with E-state index in [0.29, 0.717) is 11.9 Å². The number of aromatic nitrogens is 3. The molecule has 0 aromatic carbocycles. The van der Waals surface area contributed by atoms with E-state index in [1.165, 1.54) is 0 Å². The van der Waals surface area contributed by atoms with Crippen LogP contribution in [0.1, 0.15) is 6.92 Å². The van der Waals surface area contributed by atoms with E-state index in [9.17, 15) is 0 Å². The van der Waals surface area contributed by atoms with E-state index in [2.05, 4.69) is 22.2 Å². The van der Waals surface area contributed by atoms with Crippen LogP contribution in [-0.4, -0.2) is 20.6 Å². The number of nitrogens with one attached hydrogen (secondary N) is 1. The molecule has 0 spiro atoms. The maximum absolute atomic E-state index is 5.52. The Morgan fingerprint density at radius 1 is 1.50 bits per heavy atom. The third kappa shape index (κ3) is 2.73.